The number of amides is 2. The van der Waals surface area contributed by atoms with Gasteiger partial charge >= 0.3 is 5.97 Å². The van der Waals surface area contributed by atoms with Crippen molar-refractivity contribution >= 4 is 46.7 Å². The molecule has 10 heteroatoms. The standard InChI is InChI=1S/C30H24Cl2N2O6/c1-16(2)25(28(37)40-15-17-11-13-18(14-12-17)34(38)39)33-26(35)23-24(27(33)36)30(32)20-8-4-3-7-19(20)29(23,31)21-9-5-6-10-22(21)30/h3-14,16,23-25H,15H2,1-2H3/t23-,24+,25-,29?,30?/m0/s1. The second kappa shape index (κ2) is 9.14. The molecule has 1 heterocycles. The van der Waals surface area contributed by atoms with E-state index in [0.29, 0.717) is 27.8 Å². The summed E-state index contributed by atoms with van der Waals surface area (Å²) in [6.07, 6.45) is 0. The van der Waals surface area contributed by atoms with Crippen molar-refractivity contribution in [3.8, 4) is 0 Å². The molecule has 0 saturated carbocycles. The van der Waals surface area contributed by atoms with E-state index in [1.54, 1.807) is 13.8 Å². The number of halogens is 2. The summed E-state index contributed by atoms with van der Waals surface area (Å²) in [4.78, 5) is 50.6. The van der Waals surface area contributed by atoms with Gasteiger partial charge in [-0.15, -0.1) is 23.2 Å². The summed E-state index contributed by atoms with van der Waals surface area (Å²) in [5.41, 5.74) is 3.14. The fraction of sp³-hybridized carbons (Fsp3) is 0.300. The molecular weight excluding hydrogens is 555 g/mol. The van der Waals surface area contributed by atoms with Crippen molar-refractivity contribution in [2.75, 3.05) is 0 Å². The summed E-state index contributed by atoms with van der Waals surface area (Å²) in [5, 5.41) is 10.9. The first-order valence-corrected chi connectivity index (χ1v) is 13.6. The molecule has 3 aliphatic carbocycles. The Kier molecular flexibility index (Phi) is 6.05. The maximum absolute atomic E-state index is 14.2. The van der Waals surface area contributed by atoms with E-state index in [1.807, 2.05) is 48.5 Å². The molecule has 0 aromatic heterocycles. The minimum atomic E-state index is -1.35. The zero-order valence-electron chi connectivity index (χ0n) is 21.5. The topological polar surface area (TPSA) is 107 Å². The molecule has 0 radical (unpaired) electrons. The van der Waals surface area contributed by atoms with Crippen LogP contribution in [0.2, 0.25) is 0 Å². The van der Waals surface area contributed by atoms with Crippen LogP contribution in [0.15, 0.2) is 72.8 Å². The maximum Gasteiger partial charge on any atom is 0.329 e. The number of imide groups is 1. The number of hydrogen-bond donors (Lipinski definition) is 0. The van der Waals surface area contributed by atoms with Crippen LogP contribution in [0.5, 0.6) is 0 Å². The molecule has 2 amide bonds. The fourth-order valence-corrected chi connectivity index (χ4v) is 7.69. The first-order chi connectivity index (χ1) is 19.0. The van der Waals surface area contributed by atoms with Crippen LogP contribution >= 0.6 is 23.2 Å². The van der Waals surface area contributed by atoms with Gasteiger partial charge in [-0.2, -0.15) is 0 Å². The van der Waals surface area contributed by atoms with Gasteiger partial charge in [0.25, 0.3) is 5.69 Å². The minimum Gasteiger partial charge on any atom is -0.459 e. The van der Waals surface area contributed by atoms with Gasteiger partial charge in [0, 0.05) is 12.1 Å². The maximum atomic E-state index is 14.2. The lowest BCUT2D eigenvalue weighted by molar-refractivity contribution is -0.384. The van der Waals surface area contributed by atoms with E-state index in [1.165, 1.54) is 24.3 Å². The molecule has 3 atom stereocenters. The van der Waals surface area contributed by atoms with Gasteiger partial charge in [0.1, 0.15) is 22.4 Å². The Morgan fingerprint density at radius 2 is 1.30 bits per heavy atom. The summed E-state index contributed by atoms with van der Waals surface area (Å²) in [6, 6.07) is 19.0. The largest absolute Gasteiger partial charge is 0.459 e. The third-order valence-electron chi connectivity index (χ3n) is 8.30. The van der Waals surface area contributed by atoms with Crippen LogP contribution in [0, 0.1) is 27.9 Å². The first-order valence-electron chi connectivity index (χ1n) is 12.9. The number of nitro benzene ring substituents is 1. The van der Waals surface area contributed by atoms with Crippen LogP contribution in [-0.2, 0) is 35.5 Å². The van der Waals surface area contributed by atoms with Gasteiger partial charge in [-0.25, -0.2) is 4.79 Å². The van der Waals surface area contributed by atoms with Gasteiger partial charge in [-0.3, -0.25) is 24.6 Å². The molecule has 40 heavy (non-hydrogen) atoms. The zero-order chi connectivity index (χ0) is 28.6. The average molecular weight is 579 g/mol. The minimum absolute atomic E-state index is 0.0902. The van der Waals surface area contributed by atoms with Crippen molar-refractivity contribution in [2.24, 2.45) is 17.8 Å². The summed E-state index contributed by atoms with van der Waals surface area (Å²) in [6.45, 7) is 3.27. The van der Waals surface area contributed by atoms with E-state index in [2.05, 4.69) is 0 Å². The van der Waals surface area contributed by atoms with Crippen LogP contribution in [-0.4, -0.2) is 33.6 Å². The zero-order valence-corrected chi connectivity index (χ0v) is 23.1. The Hall–Kier alpha value is -3.75. The molecular formula is C30H24Cl2N2O6. The van der Waals surface area contributed by atoms with E-state index in [0.717, 1.165) is 4.90 Å². The number of carbonyl (C=O) groups is 3. The SMILES string of the molecule is CC(C)[C@@H](C(=O)OCc1ccc([N+](=O)[O-])cc1)N1C(=O)[C@@H]2[C@H](C1=O)C1(Cl)c3ccccc3C2(Cl)c2ccccc21. The molecule has 204 valence electrons. The van der Waals surface area contributed by atoms with E-state index in [4.69, 9.17) is 27.9 Å². The summed E-state index contributed by atoms with van der Waals surface area (Å²) in [5.74, 6) is -4.41. The number of nitro groups is 1. The molecule has 8 nitrogen and oxygen atoms in total. The third kappa shape index (κ3) is 3.42. The van der Waals surface area contributed by atoms with Crippen molar-refractivity contribution in [3.63, 3.8) is 0 Å². The molecule has 1 saturated heterocycles. The number of non-ortho nitro benzene ring substituents is 1. The lowest BCUT2D eigenvalue weighted by Gasteiger charge is -2.54. The van der Waals surface area contributed by atoms with Crippen molar-refractivity contribution < 1.29 is 24.0 Å². The number of likely N-dealkylation sites (tertiary alicyclic amines) is 1. The normalized spacial score (nSPS) is 26.8. The third-order valence-corrected chi connectivity index (χ3v) is 9.58. The Bertz CT molecular complexity index is 1470. The predicted molar refractivity (Wildman–Crippen MR) is 147 cm³/mol. The molecule has 1 aliphatic heterocycles. The second-order valence-corrected chi connectivity index (χ2v) is 11.9. The van der Waals surface area contributed by atoms with E-state index in [9.17, 15) is 24.5 Å². The molecule has 1 fully saturated rings. The monoisotopic (exact) mass is 578 g/mol. The number of nitrogens with zero attached hydrogens (tertiary/aromatic N) is 2. The number of alkyl halides is 2. The van der Waals surface area contributed by atoms with E-state index in [-0.39, 0.29) is 12.3 Å². The van der Waals surface area contributed by atoms with Gasteiger partial charge in [0.15, 0.2) is 0 Å². The average Bonchev–Trinajstić information content (AvgIpc) is 3.21. The number of carbonyl (C=O) groups excluding carboxylic acids is 3. The van der Waals surface area contributed by atoms with Crippen molar-refractivity contribution in [1.82, 2.24) is 4.90 Å². The van der Waals surface area contributed by atoms with Gasteiger partial charge in [0.2, 0.25) is 11.8 Å². The van der Waals surface area contributed by atoms with E-state index < -0.39 is 56.3 Å². The number of esters is 1. The van der Waals surface area contributed by atoms with Crippen LogP contribution in [0.4, 0.5) is 5.69 Å². The van der Waals surface area contributed by atoms with Crippen molar-refractivity contribution in [3.05, 3.63) is 111 Å². The summed E-state index contributed by atoms with van der Waals surface area (Å²) < 4.78 is 5.54. The molecule has 0 spiro atoms. The van der Waals surface area contributed by atoms with Gasteiger partial charge < -0.3 is 4.74 Å². The molecule has 3 aromatic rings. The second-order valence-electron chi connectivity index (χ2n) is 10.7. The highest BCUT2D eigenvalue weighted by molar-refractivity contribution is 6.36. The Balaban J connectivity index is 1.38. The van der Waals surface area contributed by atoms with Gasteiger partial charge in [-0.05, 0) is 45.9 Å². The highest BCUT2D eigenvalue weighted by Crippen LogP contribution is 2.69. The molecule has 7 rings (SSSR count). The highest BCUT2D eigenvalue weighted by atomic mass is 35.5. The highest BCUT2D eigenvalue weighted by Gasteiger charge is 2.74. The quantitative estimate of drug-likeness (QED) is 0.130. The number of hydrogen-bond acceptors (Lipinski definition) is 6. The van der Waals surface area contributed by atoms with Crippen LogP contribution in [0.1, 0.15) is 41.7 Å². The molecule has 2 bridgehead atoms. The summed E-state index contributed by atoms with van der Waals surface area (Å²) in [7, 11) is 0. The van der Waals surface area contributed by atoms with Crippen molar-refractivity contribution in [1.29, 1.82) is 0 Å². The van der Waals surface area contributed by atoms with Crippen molar-refractivity contribution in [2.45, 2.75) is 36.2 Å². The smallest absolute Gasteiger partial charge is 0.329 e. The Morgan fingerprint density at radius 1 is 0.875 bits per heavy atom. The number of ether oxygens (including phenoxy) is 1. The summed E-state index contributed by atoms with van der Waals surface area (Å²) >= 11 is 14.9. The number of rotatable bonds is 6. The molecule has 0 unspecified atom stereocenters. The van der Waals surface area contributed by atoms with Crippen LogP contribution in [0.3, 0.4) is 0 Å². The van der Waals surface area contributed by atoms with Crippen LogP contribution < -0.4 is 0 Å². The first kappa shape index (κ1) is 26.5. The lowest BCUT2D eigenvalue weighted by atomic mass is 9.54. The van der Waals surface area contributed by atoms with Gasteiger partial charge in [0.05, 0.1) is 16.8 Å². The van der Waals surface area contributed by atoms with E-state index >= 15 is 0 Å². The Labute approximate surface area is 240 Å². The Morgan fingerprint density at radius 3 is 1.68 bits per heavy atom. The van der Waals surface area contributed by atoms with Gasteiger partial charge in [-0.1, -0.05) is 62.4 Å². The predicted octanol–water partition coefficient (Wildman–Crippen LogP) is 5.26. The fourth-order valence-electron chi connectivity index (χ4n) is 6.59. The van der Waals surface area contributed by atoms with Crippen LogP contribution in [0.25, 0.3) is 0 Å². The molecule has 3 aromatic carbocycles. The lowest BCUT2D eigenvalue weighted by Crippen LogP contribution is -2.57. The number of benzene rings is 3. The molecule has 4 aliphatic rings. The molecule has 0 N–H and O–H groups in total.